The molecule has 1 amide bonds. The number of hydrogen-bond acceptors (Lipinski definition) is 3. The van der Waals surface area contributed by atoms with Crippen molar-refractivity contribution in [3.05, 3.63) is 93.0 Å². The molecule has 0 saturated carbocycles. The van der Waals surface area contributed by atoms with Crippen LogP contribution in [0.5, 0.6) is 5.75 Å². The van der Waals surface area contributed by atoms with Gasteiger partial charge >= 0.3 is 30.8 Å². The van der Waals surface area contributed by atoms with Crippen LogP contribution in [0, 0.1) is 11.6 Å². The summed E-state index contributed by atoms with van der Waals surface area (Å²) in [5.74, 6) is -7.78. The first kappa shape index (κ1) is 35.4. The molecule has 1 N–H and O–H groups in total. The monoisotopic (exact) mass is 687 g/mol. The van der Waals surface area contributed by atoms with Crippen LogP contribution in [0.1, 0.15) is 37.4 Å². The normalized spacial score (nSPS) is 12.8. The van der Waals surface area contributed by atoms with Gasteiger partial charge in [0, 0.05) is 28.1 Å². The quantitative estimate of drug-likeness (QED) is 0.190. The molecule has 0 fully saturated rings. The minimum atomic E-state index is -6.68. The van der Waals surface area contributed by atoms with Crippen LogP contribution in [0.15, 0.2) is 48.5 Å². The molecular weight excluding hydrogens is 676 g/mol. The number of anilines is 1. The first-order valence-corrected chi connectivity index (χ1v) is 12.0. The summed E-state index contributed by atoms with van der Waals surface area (Å²) in [6.07, 6.45) is -19.9. The van der Waals surface area contributed by atoms with Gasteiger partial charge in [-0.15, -0.1) is 0 Å². The number of benzene rings is 3. The van der Waals surface area contributed by atoms with Crippen LogP contribution in [-0.4, -0.2) is 30.7 Å². The van der Waals surface area contributed by atoms with E-state index in [1.54, 1.807) is 0 Å². The van der Waals surface area contributed by atoms with Crippen LogP contribution in [0.4, 0.5) is 67.2 Å². The maximum atomic E-state index is 15.2. The minimum absolute atomic E-state index is 0.109. The van der Waals surface area contributed by atoms with Crippen LogP contribution < -0.4 is 10.1 Å². The van der Waals surface area contributed by atoms with Crippen molar-refractivity contribution in [1.29, 1.82) is 0 Å². The lowest BCUT2D eigenvalue weighted by Crippen LogP contribution is -2.50. The second-order valence-electron chi connectivity index (χ2n) is 8.88. The van der Waals surface area contributed by atoms with Crippen LogP contribution in [0.3, 0.4) is 0 Å². The Morgan fingerprint density at radius 1 is 0.844 bits per heavy atom. The number of rotatable bonds is 8. The number of amides is 1. The molecule has 0 aliphatic rings. The molecular formula is C26H12ClF14NO3. The van der Waals surface area contributed by atoms with Gasteiger partial charge in [0.25, 0.3) is 5.91 Å². The van der Waals surface area contributed by atoms with Crippen molar-refractivity contribution in [2.45, 2.75) is 37.2 Å². The molecule has 0 aromatic heterocycles. The Bertz CT molecular complexity index is 1600. The SMILES string of the molecule is O=C(Nc1cccc(C(=O)Cc2c(Cl)cc(C(F)(C(F)(F)F)C(F)(F)F)cc2OC(F)F)c1F)c1ccc(F)c(C(F)(F)F)c1. The van der Waals surface area contributed by atoms with Crippen molar-refractivity contribution in [3.63, 3.8) is 0 Å². The summed E-state index contributed by atoms with van der Waals surface area (Å²) in [6.45, 7) is -3.95. The zero-order valence-electron chi connectivity index (χ0n) is 21.3. The third-order valence-corrected chi connectivity index (χ3v) is 6.31. The lowest BCUT2D eigenvalue weighted by Gasteiger charge is -2.31. The number of nitrogens with one attached hydrogen (secondary N) is 1. The lowest BCUT2D eigenvalue weighted by atomic mass is 9.91. The number of carbonyl (C=O) groups is 2. The number of Topliss-reactive ketones (excluding diaryl/α,β-unsaturated/α-hetero) is 1. The van der Waals surface area contributed by atoms with E-state index in [0.29, 0.717) is 12.1 Å². The summed E-state index contributed by atoms with van der Waals surface area (Å²) in [5, 5.41) is 0.527. The van der Waals surface area contributed by atoms with E-state index in [4.69, 9.17) is 11.6 Å². The van der Waals surface area contributed by atoms with Crippen molar-refractivity contribution >= 4 is 29.0 Å². The van der Waals surface area contributed by atoms with E-state index >= 15 is 4.39 Å². The number of hydrogen-bond donors (Lipinski definition) is 1. The standard InChI is InChI=1S/C26H12ClF14NO3/c27-15-7-11(23(32,25(36,37)38)26(39,40)41)8-19(45-22(30)31)13(15)9-18(43)12-2-1-3-17(20(12)29)42-21(44)10-4-5-16(28)14(6-10)24(33,34)35/h1-8,22H,9H2,(H,42,44). The fraction of sp³-hybridized carbons (Fsp3) is 0.231. The van der Waals surface area contributed by atoms with Gasteiger partial charge in [0.15, 0.2) is 11.6 Å². The van der Waals surface area contributed by atoms with E-state index < -0.39 is 111 Å². The Morgan fingerprint density at radius 2 is 1.44 bits per heavy atom. The average Bonchev–Trinajstić information content (AvgIpc) is 2.88. The smallest absolute Gasteiger partial charge is 0.434 e. The predicted molar refractivity (Wildman–Crippen MR) is 127 cm³/mol. The summed E-state index contributed by atoms with van der Waals surface area (Å²) >= 11 is 5.68. The zero-order chi connectivity index (χ0) is 34.3. The van der Waals surface area contributed by atoms with Crippen molar-refractivity contribution in [3.8, 4) is 5.75 Å². The summed E-state index contributed by atoms with van der Waals surface area (Å²) in [6, 6.07) is 2.82. The van der Waals surface area contributed by atoms with Gasteiger partial charge in [-0.2, -0.15) is 48.3 Å². The van der Waals surface area contributed by atoms with E-state index in [9.17, 15) is 66.7 Å². The van der Waals surface area contributed by atoms with Gasteiger partial charge in [0.2, 0.25) is 0 Å². The number of ketones is 1. The average molecular weight is 688 g/mol. The van der Waals surface area contributed by atoms with Gasteiger partial charge in [-0.25, -0.2) is 13.2 Å². The van der Waals surface area contributed by atoms with Crippen LogP contribution in [-0.2, 0) is 18.3 Å². The third kappa shape index (κ3) is 7.26. The second kappa shape index (κ2) is 12.4. The molecule has 0 unspecified atom stereocenters. The maximum Gasteiger partial charge on any atom is 0.435 e. The largest absolute Gasteiger partial charge is 0.435 e. The van der Waals surface area contributed by atoms with E-state index in [-0.39, 0.29) is 12.1 Å². The molecule has 0 radical (unpaired) electrons. The van der Waals surface area contributed by atoms with Gasteiger partial charge in [-0.3, -0.25) is 9.59 Å². The fourth-order valence-corrected chi connectivity index (χ4v) is 4.13. The molecule has 4 nitrogen and oxygen atoms in total. The Hall–Kier alpha value is -4.09. The summed E-state index contributed by atoms with van der Waals surface area (Å²) in [5.41, 5.74) is -14.0. The Balaban J connectivity index is 2.00. The number of ether oxygens (including phenoxy) is 1. The minimum Gasteiger partial charge on any atom is -0.434 e. The lowest BCUT2D eigenvalue weighted by molar-refractivity contribution is -0.348. The topological polar surface area (TPSA) is 55.4 Å². The van der Waals surface area contributed by atoms with Gasteiger partial charge in [0.05, 0.1) is 16.8 Å². The van der Waals surface area contributed by atoms with Crippen LogP contribution in [0.25, 0.3) is 0 Å². The molecule has 3 rings (SSSR count). The van der Waals surface area contributed by atoms with Gasteiger partial charge < -0.3 is 10.1 Å². The highest BCUT2D eigenvalue weighted by atomic mass is 35.5. The fourth-order valence-electron chi connectivity index (χ4n) is 3.85. The molecule has 19 heteroatoms. The summed E-state index contributed by atoms with van der Waals surface area (Å²) in [7, 11) is 0. The first-order valence-electron chi connectivity index (χ1n) is 11.6. The molecule has 0 aliphatic heterocycles. The van der Waals surface area contributed by atoms with Crippen molar-refractivity contribution in [2.24, 2.45) is 0 Å². The molecule has 0 bridgehead atoms. The maximum absolute atomic E-state index is 15.2. The molecule has 3 aromatic rings. The van der Waals surface area contributed by atoms with Gasteiger partial charge in [0.1, 0.15) is 11.6 Å². The van der Waals surface area contributed by atoms with E-state index in [1.807, 2.05) is 5.32 Å². The molecule has 0 aliphatic carbocycles. The highest BCUT2D eigenvalue weighted by Crippen LogP contribution is 2.54. The van der Waals surface area contributed by atoms with E-state index in [1.165, 1.54) is 0 Å². The number of alkyl halides is 12. The number of carbonyl (C=O) groups excluding carboxylic acids is 2. The van der Waals surface area contributed by atoms with E-state index in [0.717, 1.165) is 18.2 Å². The first-order chi connectivity index (χ1) is 20.5. The molecule has 3 aromatic carbocycles. The Labute approximate surface area is 246 Å². The Kier molecular flexibility index (Phi) is 9.72. The van der Waals surface area contributed by atoms with Gasteiger partial charge in [-0.05, 0) is 42.5 Å². The highest BCUT2D eigenvalue weighted by molar-refractivity contribution is 6.32. The molecule has 45 heavy (non-hydrogen) atoms. The molecule has 0 heterocycles. The molecule has 0 saturated heterocycles. The predicted octanol–water partition coefficient (Wildman–Crippen LogP) is 9.21. The van der Waals surface area contributed by atoms with Crippen molar-refractivity contribution in [1.82, 2.24) is 0 Å². The van der Waals surface area contributed by atoms with Crippen LogP contribution >= 0.6 is 11.6 Å². The van der Waals surface area contributed by atoms with E-state index in [2.05, 4.69) is 4.74 Å². The summed E-state index contributed by atoms with van der Waals surface area (Å²) < 4.78 is 191. The van der Waals surface area contributed by atoms with Crippen molar-refractivity contribution < 1.29 is 75.8 Å². The Morgan fingerprint density at radius 3 is 1.98 bits per heavy atom. The van der Waals surface area contributed by atoms with Crippen molar-refractivity contribution in [2.75, 3.05) is 5.32 Å². The summed E-state index contributed by atoms with van der Waals surface area (Å²) in [4.78, 5) is 25.3. The third-order valence-electron chi connectivity index (χ3n) is 5.97. The molecule has 0 spiro atoms. The van der Waals surface area contributed by atoms with Gasteiger partial charge in [-0.1, -0.05) is 17.7 Å². The zero-order valence-corrected chi connectivity index (χ0v) is 22.1. The second-order valence-corrected chi connectivity index (χ2v) is 9.29. The number of halogens is 15. The molecule has 244 valence electrons. The highest BCUT2D eigenvalue weighted by Gasteiger charge is 2.73. The molecule has 0 atom stereocenters. The van der Waals surface area contributed by atoms with Crippen LogP contribution in [0.2, 0.25) is 5.02 Å².